The van der Waals surface area contributed by atoms with E-state index in [-0.39, 0.29) is 5.23 Å². The molecule has 1 aliphatic heterocycles. The van der Waals surface area contributed by atoms with Crippen LogP contribution >= 0.6 is 11.8 Å². The normalized spacial score (nSPS) is 17.1. The first-order valence-corrected chi connectivity index (χ1v) is 3.27. The average Bonchev–Trinajstić information content (AvgIpc) is 2.15. The first kappa shape index (κ1) is 6.34. The molecule has 0 N–H and O–H groups in total. The van der Waals surface area contributed by atoms with Crippen molar-refractivity contribution in [2.75, 3.05) is 12.3 Å². The molecule has 0 aromatic heterocycles. The van der Waals surface area contributed by atoms with Gasteiger partial charge in [-0.15, -0.1) is 10.1 Å². The largest absolute Gasteiger partial charge is 0.301 e. The highest BCUT2D eigenvalue weighted by Crippen LogP contribution is 2.11. The number of nitrogens with zero attached hydrogens (tertiary/aromatic N) is 2. The Labute approximate surface area is 55.2 Å². The van der Waals surface area contributed by atoms with Crippen molar-refractivity contribution in [3.63, 3.8) is 0 Å². The Morgan fingerprint density at radius 2 is 2.67 bits per heavy atom. The number of rotatable bonds is 1. The topological polar surface area (TPSA) is 64.7 Å². The second-order valence-corrected chi connectivity index (χ2v) is 2.36. The van der Waals surface area contributed by atoms with Crippen molar-refractivity contribution in [2.45, 2.75) is 0 Å². The minimum Gasteiger partial charge on any atom is -0.256 e. The molecule has 5 nitrogen and oxygen atoms in total. The van der Waals surface area contributed by atoms with Crippen molar-refractivity contribution in [1.82, 2.24) is 0 Å². The Hall–Kier alpha value is -0.780. The Balaban J connectivity index is 2.35. The fourth-order valence-electron chi connectivity index (χ4n) is 0.435. The van der Waals surface area contributed by atoms with E-state index >= 15 is 0 Å². The standard InChI is InChI=1S/C3H4N2O3S/c6-5(7)8-3-4-1-2-9-3/h1-2H2. The van der Waals surface area contributed by atoms with Crippen molar-refractivity contribution >= 4 is 17.0 Å². The number of hydrogen-bond acceptors (Lipinski definition) is 5. The zero-order valence-corrected chi connectivity index (χ0v) is 5.26. The number of thioether (sulfide) groups is 1. The summed E-state index contributed by atoms with van der Waals surface area (Å²) in [7, 11) is 0. The van der Waals surface area contributed by atoms with E-state index in [1.165, 1.54) is 11.8 Å². The minimum absolute atomic E-state index is 0.167. The quantitative estimate of drug-likeness (QED) is 0.396. The molecule has 0 saturated heterocycles. The van der Waals surface area contributed by atoms with Gasteiger partial charge < -0.3 is 0 Å². The maximum atomic E-state index is 9.64. The van der Waals surface area contributed by atoms with Crippen molar-refractivity contribution in [2.24, 2.45) is 4.99 Å². The van der Waals surface area contributed by atoms with Crippen LogP contribution in [-0.2, 0) is 4.84 Å². The average molecular weight is 148 g/mol. The molecule has 0 aromatic rings. The molecule has 0 aromatic carbocycles. The molecule has 0 spiro atoms. The van der Waals surface area contributed by atoms with E-state index in [1.54, 1.807) is 0 Å². The fourth-order valence-corrected chi connectivity index (χ4v) is 1.09. The van der Waals surface area contributed by atoms with Crippen molar-refractivity contribution in [3.8, 4) is 0 Å². The third-order valence-corrected chi connectivity index (χ3v) is 1.55. The van der Waals surface area contributed by atoms with E-state index in [2.05, 4.69) is 9.83 Å². The van der Waals surface area contributed by atoms with Crippen LogP contribution in [0.25, 0.3) is 0 Å². The van der Waals surface area contributed by atoms with E-state index < -0.39 is 5.09 Å². The first-order chi connectivity index (χ1) is 4.29. The highest BCUT2D eigenvalue weighted by molar-refractivity contribution is 8.13. The van der Waals surface area contributed by atoms with Crippen LogP contribution in [0.3, 0.4) is 0 Å². The van der Waals surface area contributed by atoms with Gasteiger partial charge in [0.1, 0.15) is 0 Å². The van der Waals surface area contributed by atoms with Crippen LogP contribution in [0.2, 0.25) is 0 Å². The maximum Gasteiger partial charge on any atom is 0.301 e. The van der Waals surface area contributed by atoms with Gasteiger partial charge in [0.25, 0.3) is 0 Å². The molecule has 6 heteroatoms. The van der Waals surface area contributed by atoms with Gasteiger partial charge in [0.05, 0.1) is 6.54 Å². The molecule has 0 radical (unpaired) electrons. The van der Waals surface area contributed by atoms with E-state index in [0.717, 1.165) is 5.75 Å². The van der Waals surface area contributed by atoms with Crippen molar-refractivity contribution < 1.29 is 9.92 Å². The summed E-state index contributed by atoms with van der Waals surface area (Å²) in [4.78, 5) is 17.4. The third kappa shape index (κ3) is 1.88. The number of aliphatic imine (C=N–C) groups is 1. The van der Waals surface area contributed by atoms with Gasteiger partial charge in [0.2, 0.25) is 5.23 Å². The van der Waals surface area contributed by atoms with Crippen LogP contribution in [0.5, 0.6) is 0 Å². The monoisotopic (exact) mass is 148 g/mol. The van der Waals surface area contributed by atoms with Gasteiger partial charge in [-0.25, -0.2) is 4.84 Å². The van der Waals surface area contributed by atoms with Crippen molar-refractivity contribution in [3.05, 3.63) is 10.1 Å². The second-order valence-electron chi connectivity index (χ2n) is 1.31. The lowest BCUT2D eigenvalue weighted by Gasteiger charge is -1.90. The summed E-state index contributed by atoms with van der Waals surface area (Å²) in [5.74, 6) is 0.781. The highest BCUT2D eigenvalue weighted by atomic mass is 32.2. The molecule has 0 aliphatic carbocycles. The van der Waals surface area contributed by atoms with E-state index in [9.17, 15) is 10.1 Å². The zero-order chi connectivity index (χ0) is 6.69. The van der Waals surface area contributed by atoms with Gasteiger partial charge in [-0.2, -0.15) is 0 Å². The molecule has 1 aliphatic rings. The van der Waals surface area contributed by atoms with Crippen LogP contribution in [0.1, 0.15) is 0 Å². The second kappa shape index (κ2) is 2.67. The summed E-state index contributed by atoms with van der Waals surface area (Å²) in [6.45, 7) is 0.619. The SMILES string of the molecule is O=[N+]([O-])OC1=NCCS1. The van der Waals surface area contributed by atoms with Gasteiger partial charge in [-0.1, -0.05) is 11.8 Å². The van der Waals surface area contributed by atoms with E-state index in [0.29, 0.717) is 6.54 Å². The molecule has 50 valence electrons. The summed E-state index contributed by atoms with van der Waals surface area (Å²) in [5, 5.41) is 8.96. The predicted octanol–water partition coefficient (Wildman–Crippen LogP) is 0.297. The van der Waals surface area contributed by atoms with Gasteiger partial charge in [0, 0.05) is 5.75 Å². The molecule has 1 heterocycles. The van der Waals surface area contributed by atoms with Crippen molar-refractivity contribution in [1.29, 1.82) is 0 Å². The minimum atomic E-state index is -0.850. The smallest absolute Gasteiger partial charge is 0.256 e. The molecule has 0 atom stereocenters. The summed E-state index contributed by atoms with van der Waals surface area (Å²) in [6, 6.07) is 0. The summed E-state index contributed by atoms with van der Waals surface area (Å²) < 4.78 is 0. The van der Waals surface area contributed by atoms with Gasteiger partial charge in [-0.05, 0) is 0 Å². The van der Waals surface area contributed by atoms with Gasteiger partial charge in [0.15, 0.2) is 0 Å². The van der Waals surface area contributed by atoms with Crippen LogP contribution in [-0.4, -0.2) is 22.6 Å². The molecular weight excluding hydrogens is 144 g/mol. The van der Waals surface area contributed by atoms with E-state index in [1.807, 2.05) is 0 Å². The van der Waals surface area contributed by atoms with Crippen LogP contribution in [0.15, 0.2) is 4.99 Å². The van der Waals surface area contributed by atoms with Gasteiger partial charge in [-0.3, -0.25) is 4.99 Å². The molecule has 9 heavy (non-hydrogen) atoms. The summed E-state index contributed by atoms with van der Waals surface area (Å²) in [6.07, 6.45) is 0. The highest BCUT2D eigenvalue weighted by Gasteiger charge is 2.10. The Kier molecular flexibility index (Phi) is 1.88. The molecule has 0 unspecified atom stereocenters. The molecule has 0 bridgehead atoms. The van der Waals surface area contributed by atoms with Crippen LogP contribution in [0.4, 0.5) is 0 Å². The van der Waals surface area contributed by atoms with Crippen LogP contribution < -0.4 is 0 Å². The predicted molar refractivity (Wildman–Crippen MR) is 32.8 cm³/mol. The Morgan fingerprint density at radius 3 is 3.11 bits per heavy atom. The third-order valence-electron chi connectivity index (χ3n) is 0.710. The summed E-state index contributed by atoms with van der Waals surface area (Å²) in [5.41, 5.74) is 0. The lowest BCUT2D eigenvalue weighted by atomic mass is 10.8. The molecule has 0 fully saturated rings. The number of hydrogen-bond donors (Lipinski definition) is 0. The lowest BCUT2D eigenvalue weighted by molar-refractivity contribution is -0.722. The first-order valence-electron chi connectivity index (χ1n) is 2.28. The van der Waals surface area contributed by atoms with Gasteiger partial charge >= 0.3 is 5.09 Å². The Bertz CT molecular complexity index is 157. The Morgan fingerprint density at radius 1 is 1.89 bits per heavy atom. The van der Waals surface area contributed by atoms with Crippen LogP contribution in [0, 0.1) is 10.1 Å². The maximum absolute atomic E-state index is 9.64. The zero-order valence-electron chi connectivity index (χ0n) is 4.44. The molecule has 0 saturated carbocycles. The van der Waals surface area contributed by atoms with E-state index in [4.69, 9.17) is 0 Å². The fraction of sp³-hybridized carbons (Fsp3) is 0.667. The molecule has 0 amide bonds. The summed E-state index contributed by atoms with van der Waals surface area (Å²) >= 11 is 1.26. The molecular formula is C3H4N2O3S. The molecule has 1 rings (SSSR count). The lowest BCUT2D eigenvalue weighted by Crippen LogP contribution is -2.04.